The van der Waals surface area contributed by atoms with E-state index in [4.69, 9.17) is 18.6 Å². The van der Waals surface area contributed by atoms with E-state index in [0.29, 0.717) is 0 Å². The number of rotatable bonds is 4. The maximum atomic E-state index is 10.2. The summed E-state index contributed by atoms with van der Waals surface area (Å²) in [5, 5.41) is 70.0. The number of methoxy groups -OCH3 is 1. The highest BCUT2D eigenvalue weighted by Gasteiger charge is 2.40. The Kier molecular flexibility index (Phi) is 5.57. The van der Waals surface area contributed by atoms with E-state index in [1.807, 2.05) is 0 Å². The van der Waals surface area contributed by atoms with Gasteiger partial charge in [0.2, 0.25) is 17.8 Å². The van der Waals surface area contributed by atoms with E-state index in [1.54, 1.807) is 0 Å². The molecule has 1 aliphatic rings. The van der Waals surface area contributed by atoms with Crippen LogP contribution in [0.15, 0.2) is 34.7 Å². The molecule has 1 saturated heterocycles. The number of aliphatic hydroxyl groups excluding tert-OH is 3. The molecule has 11 nitrogen and oxygen atoms in total. The summed E-state index contributed by atoms with van der Waals surface area (Å²) in [5.41, 5.74) is 0.222. The van der Waals surface area contributed by atoms with Crippen LogP contribution in [0.3, 0.4) is 0 Å². The van der Waals surface area contributed by atoms with Crippen molar-refractivity contribution < 1.29 is 54.4 Å². The van der Waals surface area contributed by atoms with Gasteiger partial charge in [-0.3, -0.25) is 0 Å². The first kappa shape index (κ1) is 21.7. The topological polar surface area (TPSA) is 181 Å². The molecule has 0 radical (unpaired) electrons. The van der Waals surface area contributed by atoms with Gasteiger partial charge in [-0.2, -0.15) is 0 Å². The molecule has 32 heavy (non-hydrogen) atoms. The first-order valence-electron chi connectivity index (χ1n) is 9.45. The first-order chi connectivity index (χ1) is 15.2. The monoisotopic (exact) mass is 449 g/mol. The smallest absolute Gasteiger partial charge is 0.402 e. The molecule has 2 aromatic carbocycles. The molecule has 1 aliphatic heterocycles. The molecule has 170 valence electrons. The van der Waals surface area contributed by atoms with Crippen molar-refractivity contribution >= 4 is 11.0 Å². The van der Waals surface area contributed by atoms with Gasteiger partial charge in [0, 0.05) is 24.3 Å². The molecule has 1 fully saturated rings. The van der Waals surface area contributed by atoms with Gasteiger partial charge >= 0.3 is 11.3 Å². The number of hydrogen-bond acceptors (Lipinski definition) is 10. The minimum atomic E-state index is -1.61. The van der Waals surface area contributed by atoms with E-state index in [-0.39, 0.29) is 51.9 Å². The molecule has 2 heterocycles. The Morgan fingerprint density at radius 2 is 1.66 bits per heavy atom. The quantitative estimate of drug-likeness (QED) is 0.223. The lowest BCUT2D eigenvalue weighted by Crippen LogP contribution is -2.54. The molecule has 0 spiro atoms. The van der Waals surface area contributed by atoms with Gasteiger partial charge in [0.05, 0.1) is 25.3 Å². The standard InChI is InChI=1S/C21H20O11/c1-29-15-3-8(2-12(24)17(15)26)20-16(32-21-19(28)18(27)13(25)7-30-21)6-10-11(23)4-9(22)5-14(10)31-20/h2-6,13,18-19,21,25,27-28H,7H2,1H3,(H3-,22,23,24,26)/p+1/t13-,18-,19-,21-/m1/s1. The average molecular weight is 449 g/mol. The zero-order valence-electron chi connectivity index (χ0n) is 16.7. The second-order valence-electron chi connectivity index (χ2n) is 7.23. The van der Waals surface area contributed by atoms with Crippen molar-refractivity contribution in [1.82, 2.24) is 0 Å². The molecular weight excluding hydrogens is 428 g/mol. The highest BCUT2D eigenvalue weighted by molar-refractivity contribution is 5.88. The van der Waals surface area contributed by atoms with Crippen molar-refractivity contribution in [2.24, 2.45) is 0 Å². The molecule has 4 atom stereocenters. The Labute approximate surface area is 180 Å². The largest absolute Gasteiger partial charge is 0.507 e. The summed E-state index contributed by atoms with van der Waals surface area (Å²) in [7, 11) is 1.28. The number of aliphatic hydroxyl groups is 3. The number of aromatic hydroxyl groups is 4. The van der Waals surface area contributed by atoms with Crippen molar-refractivity contribution in [2.75, 3.05) is 13.7 Å². The minimum absolute atomic E-state index is 0.0486. The normalized spacial score (nSPS) is 23.2. The van der Waals surface area contributed by atoms with Crippen LogP contribution in [0.25, 0.3) is 22.3 Å². The van der Waals surface area contributed by atoms with Crippen LogP contribution in [-0.2, 0) is 4.74 Å². The maximum Gasteiger partial charge on any atom is 0.402 e. The number of phenols is 4. The van der Waals surface area contributed by atoms with Gasteiger partial charge < -0.3 is 50.0 Å². The molecule has 1 aromatic heterocycles. The van der Waals surface area contributed by atoms with E-state index in [1.165, 1.54) is 25.3 Å². The number of fused-ring (bicyclic) bond motifs is 1. The van der Waals surface area contributed by atoms with E-state index < -0.39 is 36.1 Å². The van der Waals surface area contributed by atoms with E-state index in [9.17, 15) is 35.7 Å². The summed E-state index contributed by atoms with van der Waals surface area (Å²) >= 11 is 0. The molecule has 4 rings (SSSR count). The molecule has 7 N–H and O–H groups in total. The van der Waals surface area contributed by atoms with Gasteiger partial charge in [0.25, 0.3) is 0 Å². The molecule has 11 heteroatoms. The third-order valence-corrected chi connectivity index (χ3v) is 5.05. The number of ether oxygens (including phenoxy) is 3. The van der Waals surface area contributed by atoms with Crippen LogP contribution >= 0.6 is 0 Å². The van der Waals surface area contributed by atoms with Crippen LogP contribution in [0.4, 0.5) is 0 Å². The fourth-order valence-corrected chi connectivity index (χ4v) is 3.36. The molecule has 0 amide bonds. The van der Waals surface area contributed by atoms with Crippen LogP contribution in [-0.4, -0.2) is 74.1 Å². The third-order valence-electron chi connectivity index (χ3n) is 5.05. The van der Waals surface area contributed by atoms with Crippen LogP contribution < -0.4 is 9.47 Å². The van der Waals surface area contributed by atoms with Gasteiger partial charge in [-0.25, -0.2) is 4.42 Å². The van der Waals surface area contributed by atoms with Crippen molar-refractivity contribution in [2.45, 2.75) is 24.6 Å². The first-order valence-corrected chi connectivity index (χ1v) is 9.45. The Bertz CT molecular complexity index is 1160. The highest BCUT2D eigenvalue weighted by Crippen LogP contribution is 2.45. The zero-order valence-corrected chi connectivity index (χ0v) is 16.7. The van der Waals surface area contributed by atoms with Gasteiger partial charge in [-0.15, -0.1) is 0 Å². The van der Waals surface area contributed by atoms with Crippen LogP contribution in [0.1, 0.15) is 0 Å². The van der Waals surface area contributed by atoms with Crippen molar-refractivity contribution in [3.63, 3.8) is 0 Å². The van der Waals surface area contributed by atoms with Crippen molar-refractivity contribution in [3.05, 3.63) is 30.3 Å². The number of hydrogen-bond donors (Lipinski definition) is 7. The lowest BCUT2D eigenvalue weighted by Gasteiger charge is -2.34. The van der Waals surface area contributed by atoms with E-state index >= 15 is 0 Å². The summed E-state index contributed by atoms with van der Waals surface area (Å²) in [4.78, 5) is 0. The summed E-state index contributed by atoms with van der Waals surface area (Å²) in [5.74, 6) is -1.83. The summed E-state index contributed by atoms with van der Waals surface area (Å²) < 4.78 is 21.9. The summed E-state index contributed by atoms with van der Waals surface area (Å²) in [6.45, 7) is -0.310. The van der Waals surface area contributed by atoms with Crippen LogP contribution in [0.2, 0.25) is 0 Å². The minimum Gasteiger partial charge on any atom is -0.507 e. The third kappa shape index (κ3) is 3.78. The van der Waals surface area contributed by atoms with E-state index in [2.05, 4.69) is 0 Å². The lowest BCUT2D eigenvalue weighted by molar-refractivity contribution is -0.242. The van der Waals surface area contributed by atoms with Crippen molar-refractivity contribution in [3.8, 4) is 45.8 Å². The Morgan fingerprint density at radius 3 is 2.38 bits per heavy atom. The molecule has 0 unspecified atom stereocenters. The predicted octanol–water partition coefficient (Wildman–Crippen LogP) is 1.03. The molecule has 0 aliphatic carbocycles. The fraction of sp³-hybridized carbons (Fsp3) is 0.286. The predicted molar refractivity (Wildman–Crippen MR) is 108 cm³/mol. The molecule has 0 saturated carbocycles. The molecular formula is C21H21O11+. The van der Waals surface area contributed by atoms with Gasteiger partial charge in [-0.1, -0.05) is 0 Å². The second kappa shape index (κ2) is 8.20. The average Bonchev–Trinajstić information content (AvgIpc) is 2.75. The molecule has 3 aromatic rings. The van der Waals surface area contributed by atoms with Gasteiger partial charge in [0.1, 0.15) is 35.2 Å². The van der Waals surface area contributed by atoms with Crippen molar-refractivity contribution in [1.29, 1.82) is 0 Å². The lowest BCUT2D eigenvalue weighted by atomic mass is 10.1. The highest BCUT2D eigenvalue weighted by atomic mass is 16.7. The Hall–Kier alpha value is -3.51. The Morgan fingerprint density at radius 1 is 0.906 bits per heavy atom. The Balaban J connectivity index is 1.88. The van der Waals surface area contributed by atoms with Crippen LogP contribution in [0, 0.1) is 0 Å². The van der Waals surface area contributed by atoms with E-state index in [0.717, 1.165) is 12.1 Å². The number of phenolic OH excluding ortho intramolecular Hbond substituents is 4. The fourth-order valence-electron chi connectivity index (χ4n) is 3.36. The maximum absolute atomic E-state index is 10.2. The molecule has 0 bridgehead atoms. The second-order valence-corrected chi connectivity index (χ2v) is 7.23. The summed E-state index contributed by atoms with van der Waals surface area (Å²) in [6, 6.07) is 6.17. The number of benzene rings is 2. The van der Waals surface area contributed by atoms with Gasteiger partial charge in [-0.05, 0) is 0 Å². The SMILES string of the molecule is COc1cc(-c2[o+]c3cc(O)cc(O)c3cc2O[C@H]2OC[C@@H](O)[C@@H](O)[C@H]2O)cc(O)c1O. The van der Waals surface area contributed by atoms with Crippen LogP contribution in [0.5, 0.6) is 34.5 Å². The summed E-state index contributed by atoms with van der Waals surface area (Å²) in [6.07, 6.45) is -5.86. The zero-order chi connectivity index (χ0) is 23.2. The van der Waals surface area contributed by atoms with Gasteiger partial charge in [0.15, 0.2) is 11.5 Å².